The number of fused-ring (bicyclic) bond motifs is 1. The first kappa shape index (κ1) is 31.7. The molecule has 2 amide bonds. The number of nitrogens with zero attached hydrogens (tertiary/aromatic N) is 1. The third-order valence-electron chi connectivity index (χ3n) is 9.31. The number of hydrogen-bond acceptors (Lipinski definition) is 4. The molecule has 2 aliphatic heterocycles. The molecule has 2 fully saturated rings. The van der Waals surface area contributed by atoms with Crippen molar-refractivity contribution in [1.82, 2.24) is 10.2 Å². The molecule has 46 heavy (non-hydrogen) atoms. The van der Waals surface area contributed by atoms with Gasteiger partial charge in [0, 0.05) is 36.2 Å². The highest BCUT2D eigenvalue weighted by Gasteiger charge is 2.26. The topological polar surface area (TPSA) is 67.9 Å². The van der Waals surface area contributed by atoms with Crippen LogP contribution in [0.3, 0.4) is 0 Å². The van der Waals surface area contributed by atoms with Gasteiger partial charge in [0.2, 0.25) is 5.91 Å². The zero-order valence-electron chi connectivity index (χ0n) is 26.4. The van der Waals surface area contributed by atoms with Gasteiger partial charge in [0.15, 0.2) is 5.76 Å². The van der Waals surface area contributed by atoms with E-state index in [0.29, 0.717) is 47.4 Å². The maximum absolute atomic E-state index is 13.6. The third kappa shape index (κ3) is 7.56. The van der Waals surface area contributed by atoms with Crippen LogP contribution in [-0.4, -0.2) is 36.4 Å². The van der Waals surface area contributed by atoms with Gasteiger partial charge in [-0.3, -0.25) is 9.59 Å². The Labute approximate surface area is 276 Å². The molecule has 0 unspecified atom stereocenters. The second-order valence-electron chi connectivity index (χ2n) is 12.5. The van der Waals surface area contributed by atoms with Crippen LogP contribution in [0.5, 0.6) is 11.5 Å². The number of benzene rings is 3. The lowest BCUT2D eigenvalue weighted by atomic mass is 9.79. The molecule has 0 spiro atoms. The van der Waals surface area contributed by atoms with Gasteiger partial charge in [-0.25, -0.2) is 0 Å². The molecule has 1 saturated carbocycles. The second kappa shape index (κ2) is 14.4. The monoisotopic (exact) mass is 636 g/mol. The van der Waals surface area contributed by atoms with Gasteiger partial charge in [0.1, 0.15) is 11.5 Å². The van der Waals surface area contributed by atoms with Gasteiger partial charge in [-0.1, -0.05) is 66.2 Å². The number of rotatable bonds is 9. The van der Waals surface area contributed by atoms with Crippen molar-refractivity contribution in [3.05, 3.63) is 124 Å². The number of methoxy groups -OCH3 is 1. The van der Waals surface area contributed by atoms with Crippen LogP contribution in [0.2, 0.25) is 5.02 Å². The van der Waals surface area contributed by atoms with Gasteiger partial charge in [-0.2, -0.15) is 0 Å². The number of halogens is 1. The molecule has 3 aliphatic rings. The summed E-state index contributed by atoms with van der Waals surface area (Å²) in [4.78, 5) is 28.1. The molecule has 0 aromatic heterocycles. The molecule has 6 nitrogen and oxygen atoms in total. The highest BCUT2D eigenvalue weighted by atomic mass is 35.5. The summed E-state index contributed by atoms with van der Waals surface area (Å²) in [5.74, 6) is 1.83. The van der Waals surface area contributed by atoms with Gasteiger partial charge in [-0.15, -0.1) is 0 Å². The molecule has 2 heterocycles. The number of carbonyl (C=O) groups is 2. The summed E-state index contributed by atoms with van der Waals surface area (Å²) >= 11 is 6.16. The fourth-order valence-electron chi connectivity index (χ4n) is 6.80. The van der Waals surface area contributed by atoms with Crippen LogP contribution in [0.15, 0.2) is 96.8 Å². The average Bonchev–Trinajstić information content (AvgIpc) is 3.07. The first-order chi connectivity index (χ1) is 22.4. The molecule has 1 saturated heterocycles. The Morgan fingerprint density at radius 1 is 1.09 bits per heavy atom. The number of carbonyl (C=O) groups excluding carboxylic acids is 2. The molecule has 7 heteroatoms. The molecule has 0 bridgehead atoms. The van der Waals surface area contributed by atoms with Crippen molar-refractivity contribution in [1.29, 1.82) is 0 Å². The summed E-state index contributed by atoms with van der Waals surface area (Å²) in [6.07, 6.45) is 11.3. The van der Waals surface area contributed by atoms with Crippen LogP contribution in [0.25, 0.3) is 5.57 Å². The van der Waals surface area contributed by atoms with E-state index in [-0.39, 0.29) is 23.6 Å². The second-order valence-corrected chi connectivity index (χ2v) is 12.9. The largest absolute Gasteiger partial charge is 0.497 e. The number of likely N-dealkylation sites (tertiary alicyclic amines) is 1. The van der Waals surface area contributed by atoms with E-state index in [1.54, 1.807) is 19.3 Å². The SMILES string of the molecule is C=C1C=C(C(=O)N[C@@H](C=C2CCC(c3ccccc3CN3CCCCC3=O)CC2)Cc2ccc(Cl)cc2)Oc2cc(OC)ccc21. The first-order valence-electron chi connectivity index (χ1n) is 16.2. The van der Waals surface area contributed by atoms with Crippen molar-refractivity contribution in [3.63, 3.8) is 0 Å². The highest BCUT2D eigenvalue weighted by molar-refractivity contribution is 6.30. The van der Waals surface area contributed by atoms with Crippen molar-refractivity contribution in [3.8, 4) is 11.5 Å². The van der Waals surface area contributed by atoms with Gasteiger partial charge < -0.3 is 19.7 Å². The molecule has 1 aliphatic carbocycles. The van der Waals surface area contributed by atoms with E-state index in [2.05, 4.69) is 42.2 Å². The highest BCUT2D eigenvalue weighted by Crippen LogP contribution is 2.38. The van der Waals surface area contributed by atoms with E-state index in [4.69, 9.17) is 21.1 Å². The Kier molecular flexibility index (Phi) is 9.94. The Morgan fingerprint density at radius 3 is 2.63 bits per heavy atom. The lowest BCUT2D eigenvalue weighted by Gasteiger charge is -2.31. The van der Waals surface area contributed by atoms with E-state index >= 15 is 0 Å². The zero-order valence-corrected chi connectivity index (χ0v) is 27.2. The van der Waals surface area contributed by atoms with Crippen LogP contribution >= 0.6 is 11.6 Å². The smallest absolute Gasteiger partial charge is 0.287 e. The number of amides is 2. The molecular formula is C39H41ClN2O4. The minimum Gasteiger partial charge on any atom is -0.497 e. The fourth-order valence-corrected chi connectivity index (χ4v) is 6.93. The zero-order chi connectivity index (χ0) is 32.0. The summed E-state index contributed by atoms with van der Waals surface area (Å²) in [6.45, 7) is 5.69. The number of ether oxygens (including phenoxy) is 2. The summed E-state index contributed by atoms with van der Waals surface area (Å²) < 4.78 is 11.4. The molecule has 3 aromatic carbocycles. The molecule has 1 N–H and O–H groups in total. The average molecular weight is 637 g/mol. The van der Waals surface area contributed by atoms with Gasteiger partial charge in [-0.05, 0) is 103 Å². The minimum absolute atomic E-state index is 0.206. The molecule has 3 aromatic rings. The standard InChI is InChI=1S/C39H41ClN2O4/c1-26-21-37(46-36-24-33(45-2)18-19-34(26)36)39(44)41-32(23-28-12-16-31(40)17-13-28)22-27-10-14-29(15-11-27)35-8-4-3-7-30(35)25-42-20-6-5-9-38(42)43/h3-4,7-8,12-13,16-19,21-22,24,29,32H,1,5-6,9-11,14-15,20,23,25H2,2H3,(H,41,44)/t29?,32-/m0/s1. The predicted molar refractivity (Wildman–Crippen MR) is 183 cm³/mol. The Bertz CT molecular complexity index is 1670. The number of hydrogen-bond donors (Lipinski definition) is 1. The van der Waals surface area contributed by atoms with Crippen molar-refractivity contribution in [2.24, 2.45) is 0 Å². The van der Waals surface area contributed by atoms with E-state index < -0.39 is 0 Å². The third-order valence-corrected chi connectivity index (χ3v) is 9.56. The van der Waals surface area contributed by atoms with Crippen LogP contribution < -0.4 is 14.8 Å². The summed E-state index contributed by atoms with van der Waals surface area (Å²) in [5.41, 5.74) is 6.61. The van der Waals surface area contributed by atoms with Crippen LogP contribution in [-0.2, 0) is 22.6 Å². The van der Waals surface area contributed by atoms with E-state index in [1.165, 1.54) is 16.7 Å². The van der Waals surface area contributed by atoms with Crippen molar-refractivity contribution in [2.75, 3.05) is 13.7 Å². The van der Waals surface area contributed by atoms with Gasteiger partial charge in [0.25, 0.3) is 5.91 Å². The lowest BCUT2D eigenvalue weighted by molar-refractivity contribution is -0.133. The molecular weight excluding hydrogens is 596 g/mol. The van der Waals surface area contributed by atoms with Crippen LogP contribution in [0, 0.1) is 0 Å². The summed E-state index contributed by atoms with van der Waals surface area (Å²) in [6, 6.07) is 21.7. The predicted octanol–water partition coefficient (Wildman–Crippen LogP) is 8.16. The maximum Gasteiger partial charge on any atom is 0.287 e. The number of nitrogens with one attached hydrogen (secondary N) is 1. The van der Waals surface area contributed by atoms with Crippen LogP contribution in [0.4, 0.5) is 0 Å². The van der Waals surface area contributed by atoms with E-state index in [0.717, 1.165) is 56.2 Å². The van der Waals surface area contributed by atoms with Crippen molar-refractivity contribution in [2.45, 2.75) is 69.9 Å². The lowest BCUT2D eigenvalue weighted by Crippen LogP contribution is -2.38. The number of piperidine rings is 1. The normalized spacial score (nSPS) is 18.7. The minimum atomic E-state index is -0.291. The Balaban J connectivity index is 1.16. The molecule has 238 valence electrons. The fraction of sp³-hybridized carbons (Fsp3) is 0.333. The van der Waals surface area contributed by atoms with Crippen LogP contribution in [0.1, 0.15) is 73.1 Å². The van der Waals surface area contributed by atoms with Gasteiger partial charge >= 0.3 is 0 Å². The van der Waals surface area contributed by atoms with Crippen molar-refractivity contribution < 1.29 is 19.1 Å². The molecule has 0 radical (unpaired) electrons. The van der Waals surface area contributed by atoms with Gasteiger partial charge in [0.05, 0.1) is 13.2 Å². The molecule has 6 rings (SSSR count). The quantitative estimate of drug-likeness (QED) is 0.241. The molecule has 1 atom stereocenters. The Hall–Kier alpha value is -4.29. The number of allylic oxidation sites excluding steroid dienone is 3. The van der Waals surface area contributed by atoms with E-state index in [1.807, 2.05) is 41.3 Å². The van der Waals surface area contributed by atoms with Crippen molar-refractivity contribution >= 4 is 29.0 Å². The maximum atomic E-state index is 13.6. The summed E-state index contributed by atoms with van der Waals surface area (Å²) in [7, 11) is 1.60. The van der Waals surface area contributed by atoms with E-state index in [9.17, 15) is 9.59 Å². The summed E-state index contributed by atoms with van der Waals surface area (Å²) in [5, 5.41) is 3.91. The Morgan fingerprint density at radius 2 is 1.87 bits per heavy atom. The first-order valence-corrected chi connectivity index (χ1v) is 16.6.